The predicted octanol–water partition coefficient (Wildman–Crippen LogP) is 6.75. The van der Waals surface area contributed by atoms with Gasteiger partial charge in [0.15, 0.2) is 18.5 Å². The highest BCUT2D eigenvalue weighted by atomic mass is 16.7. The fourth-order valence-electron chi connectivity index (χ4n) is 5.88. The summed E-state index contributed by atoms with van der Waals surface area (Å²) in [5.74, 6) is -2.44. The lowest BCUT2D eigenvalue weighted by Crippen LogP contribution is -2.60. The molecule has 0 radical (unpaired) electrons. The zero-order chi connectivity index (χ0) is 35.4. The molecule has 0 amide bonds. The summed E-state index contributed by atoms with van der Waals surface area (Å²) in [6, 6.07) is 0. The van der Waals surface area contributed by atoms with Gasteiger partial charge in [-0.2, -0.15) is 0 Å². The van der Waals surface area contributed by atoms with Gasteiger partial charge >= 0.3 is 17.9 Å². The van der Waals surface area contributed by atoms with Gasteiger partial charge < -0.3 is 39.4 Å². The number of rotatable bonds is 31. The standard InChI is InChI=1S/C37H68O11/c1-3-5-7-9-11-13-15-17-19-21-23-25-30(38)45-27-29(28-46-37-34(42)32(40)33(41)35(48-37)36(43)44)47-31(39)26-24-22-20-18-16-14-12-10-8-6-4-2/h29,32-35,37,40-42H,3-28H2,1-2H3,(H,43,44). The molecule has 11 heteroatoms. The number of carboxylic acids is 1. The molecule has 6 unspecified atom stereocenters. The molecule has 1 saturated heterocycles. The minimum atomic E-state index is -1.85. The van der Waals surface area contributed by atoms with Crippen LogP contribution in [-0.2, 0) is 33.3 Å². The lowest BCUT2D eigenvalue weighted by molar-refractivity contribution is -0.298. The Balaban J connectivity index is 2.45. The Labute approximate surface area is 289 Å². The number of carbonyl (C=O) groups is 3. The predicted molar refractivity (Wildman–Crippen MR) is 183 cm³/mol. The molecular weight excluding hydrogens is 620 g/mol. The van der Waals surface area contributed by atoms with Crippen LogP contribution in [0.15, 0.2) is 0 Å². The summed E-state index contributed by atoms with van der Waals surface area (Å²) >= 11 is 0. The second-order valence-electron chi connectivity index (χ2n) is 13.4. The van der Waals surface area contributed by atoms with Crippen molar-refractivity contribution < 1.29 is 53.8 Å². The van der Waals surface area contributed by atoms with E-state index in [-0.39, 0.29) is 26.1 Å². The van der Waals surface area contributed by atoms with Crippen LogP contribution in [0, 0.1) is 0 Å². The Kier molecular flexibility index (Phi) is 26.7. The molecule has 1 heterocycles. The molecular formula is C37H68O11. The van der Waals surface area contributed by atoms with Crippen molar-refractivity contribution in [2.24, 2.45) is 0 Å². The van der Waals surface area contributed by atoms with E-state index in [1.165, 1.54) is 89.9 Å². The van der Waals surface area contributed by atoms with Gasteiger partial charge in [0, 0.05) is 12.8 Å². The van der Waals surface area contributed by atoms with Crippen molar-refractivity contribution in [1.82, 2.24) is 0 Å². The van der Waals surface area contributed by atoms with E-state index in [1.54, 1.807) is 0 Å². The SMILES string of the molecule is CCCCCCCCCCCCCC(=O)OCC(COC1OC(C(=O)O)C(O)C(O)C1O)OC(=O)CCCCCCCCCCCCC. The summed E-state index contributed by atoms with van der Waals surface area (Å²) in [6.07, 6.45) is 16.0. The largest absolute Gasteiger partial charge is 0.479 e. The van der Waals surface area contributed by atoms with Gasteiger partial charge in [0.05, 0.1) is 6.61 Å². The van der Waals surface area contributed by atoms with Crippen molar-refractivity contribution >= 4 is 17.9 Å². The molecule has 0 spiro atoms. The van der Waals surface area contributed by atoms with Gasteiger partial charge in [-0.25, -0.2) is 4.79 Å². The van der Waals surface area contributed by atoms with Gasteiger partial charge in [0.25, 0.3) is 0 Å². The first-order valence-electron chi connectivity index (χ1n) is 19.1. The third-order valence-corrected chi connectivity index (χ3v) is 8.96. The first kappa shape index (κ1) is 44.2. The third kappa shape index (κ3) is 21.3. The van der Waals surface area contributed by atoms with Gasteiger partial charge in [-0.05, 0) is 12.8 Å². The number of hydrogen-bond acceptors (Lipinski definition) is 10. The highest BCUT2D eigenvalue weighted by Gasteiger charge is 2.47. The minimum absolute atomic E-state index is 0.189. The number of carbonyl (C=O) groups excluding carboxylic acids is 2. The second-order valence-corrected chi connectivity index (χ2v) is 13.4. The van der Waals surface area contributed by atoms with E-state index in [1.807, 2.05) is 0 Å². The molecule has 0 bridgehead atoms. The summed E-state index contributed by atoms with van der Waals surface area (Å²) < 4.78 is 21.6. The average molecular weight is 689 g/mol. The van der Waals surface area contributed by atoms with Crippen LogP contribution >= 0.6 is 0 Å². The Hall–Kier alpha value is -1.79. The molecule has 1 aliphatic heterocycles. The molecule has 0 aromatic rings. The Bertz CT molecular complexity index is 823. The maximum absolute atomic E-state index is 12.6. The third-order valence-electron chi connectivity index (χ3n) is 8.96. The van der Waals surface area contributed by atoms with Crippen LogP contribution in [-0.4, -0.2) is 88.4 Å². The fraction of sp³-hybridized carbons (Fsp3) is 0.919. The molecule has 1 fully saturated rings. The number of unbranched alkanes of at least 4 members (excludes halogenated alkanes) is 20. The van der Waals surface area contributed by atoms with Crippen molar-refractivity contribution in [3.63, 3.8) is 0 Å². The molecule has 48 heavy (non-hydrogen) atoms. The molecule has 0 aromatic heterocycles. The number of esters is 2. The molecule has 6 atom stereocenters. The van der Waals surface area contributed by atoms with Crippen molar-refractivity contribution in [2.75, 3.05) is 13.2 Å². The van der Waals surface area contributed by atoms with Crippen LogP contribution in [0.5, 0.6) is 0 Å². The van der Waals surface area contributed by atoms with E-state index < -0.39 is 54.7 Å². The molecule has 4 N–H and O–H groups in total. The first-order valence-corrected chi connectivity index (χ1v) is 19.1. The minimum Gasteiger partial charge on any atom is -0.479 e. The lowest BCUT2D eigenvalue weighted by atomic mass is 9.99. The summed E-state index contributed by atoms with van der Waals surface area (Å²) in [5, 5.41) is 39.6. The van der Waals surface area contributed by atoms with E-state index in [0.717, 1.165) is 38.5 Å². The van der Waals surface area contributed by atoms with Gasteiger partial charge in [0.1, 0.15) is 24.9 Å². The van der Waals surface area contributed by atoms with E-state index in [9.17, 15) is 34.8 Å². The van der Waals surface area contributed by atoms with Gasteiger partial charge in [-0.3, -0.25) is 9.59 Å². The second kappa shape index (κ2) is 29.0. The van der Waals surface area contributed by atoms with Gasteiger partial charge in [-0.15, -0.1) is 0 Å². The molecule has 0 saturated carbocycles. The highest BCUT2D eigenvalue weighted by molar-refractivity contribution is 5.73. The van der Waals surface area contributed by atoms with E-state index in [0.29, 0.717) is 12.8 Å². The summed E-state index contributed by atoms with van der Waals surface area (Å²) in [4.78, 5) is 36.5. The Morgan fingerprint density at radius 2 is 0.979 bits per heavy atom. The summed E-state index contributed by atoms with van der Waals surface area (Å²) in [6.45, 7) is 3.77. The first-order chi connectivity index (χ1) is 23.2. The molecule has 1 aliphatic rings. The van der Waals surface area contributed by atoms with E-state index in [4.69, 9.17) is 18.9 Å². The molecule has 1 rings (SSSR count). The van der Waals surface area contributed by atoms with Crippen LogP contribution < -0.4 is 0 Å². The van der Waals surface area contributed by atoms with Crippen LogP contribution in [0.3, 0.4) is 0 Å². The Morgan fingerprint density at radius 1 is 0.562 bits per heavy atom. The van der Waals surface area contributed by atoms with Crippen molar-refractivity contribution in [3.05, 3.63) is 0 Å². The lowest BCUT2D eigenvalue weighted by Gasteiger charge is -2.38. The van der Waals surface area contributed by atoms with Gasteiger partial charge in [-0.1, -0.05) is 142 Å². The molecule has 0 aliphatic carbocycles. The number of hydrogen-bond donors (Lipinski definition) is 4. The fourth-order valence-corrected chi connectivity index (χ4v) is 5.88. The zero-order valence-electron chi connectivity index (χ0n) is 30.0. The van der Waals surface area contributed by atoms with E-state index in [2.05, 4.69) is 13.8 Å². The Morgan fingerprint density at radius 3 is 1.42 bits per heavy atom. The van der Waals surface area contributed by atoms with Crippen molar-refractivity contribution in [1.29, 1.82) is 0 Å². The molecule has 11 nitrogen and oxygen atoms in total. The number of aliphatic hydroxyl groups is 3. The highest BCUT2D eigenvalue weighted by Crippen LogP contribution is 2.23. The zero-order valence-corrected chi connectivity index (χ0v) is 30.0. The monoisotopic (exact) mass is 688 g/mol. The average Bonchev–Trinajstić information content (AvgIpc) is 3.06. The van der Waals surface area contributed by atoms with E-state index >= 15 is 0 Å². The van der Waals surface area contributed by atoms with Crippen molar-refractivity contribution in [2.45, 2.75) is 205 Å². The number of aliphatic carboxylic acids is 1. The molecule has 282 valence electrons. The van der Waals surface area contributed by atoms with Gasteiger partial charge in [0.2, 0.25) is 0 Å². The van der Waals surface area contributed by atoms with Crippen LogP contribution in [0.1, 0.15) is 168 Å². The van der Waals surface area contributed by atoms with Crippen LogP contribution in [0.4, 0.5) is 0 Å². The number of carboxylic acid groups (broad SMARTS) is 1. The summed E-state index contributed by atoms with van der Waals surface area (Å²) in [5.41, 5.74) is 0. The maximum atomic E-state index is 12.6. The quantitative estimate of drug-likeness (QED) is 0.0449. The normalized spacial score (nSPS) is 21.6. The topological polar surface area (TPSA) is 169 Å². The molecule has 0 aromatic carbocycles. The maximum Gasteiger partial charge on any atom is 0.335 e. The smallest absolute Gasteiger partial charge is 0.335 e. The summed E-state index contributed by atoms with van der Waals surface area (Å²) in [7, 11) is 0. The number of ether oxygens (including phenoxy) is 4. The van der Waals surface area contributed by atoms with Crippen LogP contribution in [0.25, 0.3) is 0 Å². The number of aliphatic hydroxyl groups excluding tert-OH is 3. The van der Waals surface area contributed by atoms with Crippen LogP contribution in [0.2, 0.25) is 0 Å². The van der Waals surface area contributed by atoms with Crippen molar-refractivity contribution in [3.8, 4) is 0 Å².